The third-order valence-corrected chi connectivity index (χ3v) is 6.23. The Bertz CT molecular complexity index is 561. The molecule has 34 heavy (non-hydrogen) atoms. The standard InChI is InChI=1S/C24H48NO8P/c1-3-5-7-9-10-11-13-14-16-23(26)30-20-22(21-32-34(28,29)31-19-18-25)33-24(27)17-15-12-8-6-4-2/h22H,3-21,25H2,1-2H3,(H,28,29)/t22-/m1/s1. The maximum absolute atomic E-state index is 12.2. The van der Waals surface area contributed by atoms with Crippen LogP contribution in [0, 0.1) is 0 Å². The Morgan fingerprint density at radius 1 is 0.765 bits per heavy atom. The van der Waals surface area contributed by atoms with Crippen molar-refractivity contribution >= 4 is 19.8 Å². The van der Waals surface area contributed by atoms with E-state index in [1.165, 1.54) is 32.1 Å². The van der Waals surface area contributed by atoms with Crippen LogP contribution in [0.1, 0.15) is 110 Å². The lowest BCUT2D eigenvalue weighted by Gasteiger charge is -2.19. The maximum Gasteiger partial charge on any atom is 0.472 e. The van der Waals surface area contributed by atoms with Gasteiger partial charge in [-0.25, -0.2) is 4.57 Å². The number of hydrogen-bond donors (Lipinski definition) is 2. The van der Waals surface area contributed by atoms with Crippen molar-refractivity contribution in [3.8, 4) is 0 Å². The van der Waals surface area contributed by atoms with Crippen molar-refractivity contribution < 1.29 is 37.6 Å². The van der Waals surface area contributed by atoms with Gasteiger partial charge in [0.05, 0.1) is 13.2 Å². The van der Waals surface area contributed by atoms with Crippen LogP contribution in [0.5, 0.6) is 0 Å². The van der Waals surface area contributed by atoms with Gasteiger partial charge in [0, 0.05) is 19.4 Å². The number of phosphoric acid groups is 1. The topological polar surface area (TPSA) is 134 Å². The molecule has 0 aromatic rings. The highest BCUT2D eigenvalue weighted by Gasteiger charge is 2.25. The van der Waals surface area contributed by atoms with Crippen molar-refractivity contribution in [3.63, 3.8) is 0 Å². The third kappa shape index (κ3) is 21.5. The largest absolute Gasteiger partial charge is 0.472 e. The fraction of sp³-hybridized carbons (Fsp3) is 0.917. The lowest BCUT2D eigenvalue weighted by molar-refractivity contribution is -0.161. The highest BCUT2D eigenvalue weighted by Crippen LogP contribution is 2.43. The lowest BCUT2D eigenvalue weighted by atomic mass is 10.1. The number of hydrogen-bond acceptors (Lipinski definition) is 8. The number of unbranched alkanes of at least 4 members (excludes halogenated alkanes) is 11. The minimum Gasteiger partial charge on any atom is -0.462 e. The fourth-order valence-corrected chi connectivity index (χ4v) is 4.04. The van der Waals surface area contributed by atoms with Gasteiger partial charge in [-0.15, -0.1) is 0 Å². The summed E-state index contributed by atoms with van der Waals surface area (Å²) in [6.07, 6.45) is 13.4. The number of carbonyl (C=O) groups excluding carboxylic acids is 2. The SMILES string of the molecule is CCCCCCCCCCC(=O)OC[C@H](COP(=O)(O)OCCN)OC(=O)CCCCCCC. The summed E-state index contributed by atoms with van der Waals surface area (Å²) in [6.45, 7) is 3.55. The Morgan fingerprint density at radius 2 is 1.26 bits per heavy atom. The van der Waals surface area contributed by atoms with Crippen LogP contribution in [0.15, 0.2) is 0 Å². The van der Waals surface area contributed by atoms with Gasteiger partial charge in [-0.3, -0.25) is 18.6 Å². The minimum atomic E-state index is -4.34. The average Bonchev–Trinajstić information content (AvgIpc) is 2.81. The van der Waals surface area contributed by atoms with Gasteiger partial charge < -0.3 is 20.1 Å². The summed E-state index contributed by atoms with van der Waals surface area (Å²) in [6, 6.07) is 0. The molecule has 0 aliphatic carbocycles. The van der Waals surface area contributed by atoms with Gasteiger partial charge in [0.15, 0.2) is 6.10 Å². The summed E-state index contributed by atoms with van der Waals surface area (Å²) < 4.78 is 32.0. The number of nitrogens with two attached hydrogens (primary N) is 1. The highest BCUT2D eigenvalue weighted by molar-refractivity contribution is 7.47. The van der Waals surface area contributed by atoms with Crippen molar-refractivity contribution in [1.29, 1.82) is 0 Å². The minimum absolute atomic E-state index is 0.0563. The number of rotatable bonds is 24. The quantitative estimate of drug-likeness (QED) is 0.0992. The van der Waals surface area contributed by atoms with Crippen LogP contribution < -0.4 is 5.73 Å². The summed E-state index contributed by atoms with van der Waals surface area (Å²) in [4.78, 5) is 33.9. The first-order chi connectivity index (χ1) is 16.3. The molecule has 0 fully saturated rings. The Balaban J connectivity index is 4.39. The van der Waals surface area contributed by atoms with Gasteiger partial charge >= 0.3 is 19.8 Å². The van der Waals surface area contributed by atoms with Crippen molar-refractivity contribution in [3.05, 3.63) is 0 Å². The molecule has 3 N–H and O–H groups in total. The van der Waals surface area contributed by atoms with Crippen molar-refractivity contribution in [1.82, 2.24) is 0 Å². The van der Waals surface area contributed by atoms with Gasteiger partial charge in [0.25, 0.3) is 0 Å². The molecule has 9 nitrogen and oxygen atoms in total. The number of ether oxygens (including phenoxy) is 2. The molecule has 0 spiro atoms. The molecule has 0 rings (SSSR count). The first kappa shape index (κ1) is 33.0. The van der Waals surface area contributed by atoms with E-state index in [9.17, 15) is 19.0 Å². The van der Waals surface area contributed by atoms with E-state index in [0.29, 0.717) is 6.42 Å². The average molecular weight is 510 g/mol. The summed E-state index contributed by atoms with van der Waals surface area (Å²) in [5, 5.41) is 0. The molecular weight excluding hydrogens is 461 g/mol. The van der Waals surface area contributed by atoms with Gasteiger partial charge in [0.2, 0.25) is 0 Å². The molecule has 0 aliphatic rings. The first-order valence-corrected chi connectivity index (χ1v) is 14.5. The van der Waals surface area contributed by atoms with Gasteiger partial charge in [-0.1, -0.05) is 84.5 Å². The summed E-state index contributed by atoms with van der Waals surface area (Å²) in [5.41, 5.74) is 5.26. The number of esters is 2. The van der Waals surface area contributed by atoms with E-state index in [-0.39, 0.29) is 32.6 Å². The zero-order valence-electron chi connectivity index (χ0n) is 21.3. The van der Waals surface area contributed by atoms with E-state index in [1.807, 2.05) is 0 Å². The normalized spacial score (nSPS) is 13.9. The zero-order valence-corrected chi connectivity index (χ0v) is 22.2. The third-order valence-electron chi connectivity index (χ3n) is 5.24. The molecular formula is C24H48NO8P. The number of phosphoric ester groups is 1. The predicted molar refractivity (Wildman–Crippen MR) is 132 cm³/mol. The molecule has 2 atom stereocenters. The molecule has 0 saturated carbocycles. The van der Waals surface area contributed by atoms with E-state index in [0.717, 1.165) is 44.9 Å². The van der Waals surface area contributed by atoms with Crippen LogP contribution in [-0.4, -0.2) is 49.3 Å². The van der Waals surface area contributed by atoms with Crippen molar-refractivity contribution in [2.45, 2.75) is 116 Å². The maximum atomic E-state index is 12.2. The van der Waals surface area contributed by atoms with Gasteiger partial charge in [-0.05, 0) is 12.8 Å². The Morgan fingerprint density at radius 3 is 1.79 bits per heavy atom. The molecule has 202 valence electrons. The fourth-order valence-electron chi connectivity index (χ4n) is 3.28. The predicted octanol–water partition coefficient (Wildman–Crippen LogP) is 5.43. The second kappa shape index (κ2) is 22.5. The Kier molecular flexibility index (Phi) is 21.8. The van der Waals surface area contributed by atoms with Crippen LogP contribution in [-0.2, 0) is 32.7 Å². The molecule has 0 aliphatic heterocycles. The molecule has 0 aromatic heterocycles. The molecule has 0 saturated heterocycles. The monoisotopic (exact) mass is 509 g/mol. The zero-order chi connectivity index (χ0) is 25.5. The molecule has 0 bridgehead atoms. The van der Waals surface area contributed by atoms with Crippen LogP contribution in [0.2, 0.25) is 0 Å². The molecule has 0 aromatic carbocycles. The van der Waals surface area contributed by atoms with Crippen LogP contribution in [0.4, 0.5) is 0 Å². The molecule has 10 heteroatoms. The molecule has 0 heterocycles. The highest BCUT2D eigenvalue weighted by atomic mass is 31.2. The molecule has 0 radical (unpaired) electrons. The van der Waals surface area contributed by atoms with Crippen LogP contribution in [0.25, 0.3) is 0 Å². The second-order valence-corrected chi connectivity index (χ2v) is 10.0. The summed E-state index contributed by atoms with van der Waals surface area (Å²) >= 11 is 0. The number of carbonyl (C=O) groups is 2. The van der Waals surface area contributed by atoms with Crippen LogP contribution >= 0.6 is 7.82 Å². The van der Waals surface area contributed by atoms with Crippen molar-refractivity contribution in [2.75, 3.05) is 26.4 Å². The van der Waals surface area contributed by atoms with Gasteiger partial charge in [-0.2, -0.15) is 0 Å². The van der Waals surface area contributed by atoms with E-state index in [1.54, 1.807) is 0 Å². The second-order valence-electron chi connectivity index (χ2n) is 8.57. The first-order valence-electron chi connectivity index (χ1n) is 13.0. The Labute approximate surface area is 206 Å². The Hall–Kier alpha value is -0.990. The van der Waals surface area contributed by atoms with E-state index in [4.69, 9.17) is 19.7 Å². The summed E-state index contributed by atoms with van der Waals surface area (Å²) in [5.74, 6) is -0.849. The smallest absolute Gasteiger partial charge is 0.462 e. The van der Waals surface area contributed by atoms with Crippen LogP contribution in [0.3, 0.4) is 0 Å². The van der Waals surface area contributed by atoms with E-state index in [2.05, 4.69) is 18.4 Å². The lowest BCUT2D eigenvalue weighted by Crippen LogP contribution is -2.29. The van der Waals surface area contributed by atoms with E-state index >= 15 is 0 Å². The molecule has 1 unspecified atom stereocenters. The van der Waals surface area contributed by atoms with Crippen molar-refractivity contribution in [2.24, 2.45) is 5.73 Å². The summed E-state index contributed by atoms with van der Waals surface area (Å²) in [7, 11) is -4.34. The molecule has 0 amide bonds. The van der Waals surface area contributed by atoms with Gasteiger partial charge in [0.1, 0.15) is 6.61 Å². The van der Waals surface area contributed by atoms with E-state index < -0.39 is 32.5 Å².